The van der Waals surface area contributed by atoms with Gasteiger partial charge in [0.2, 0.25) is 0 Å². The number of rotatable bonds is 6. The molecule has 0 aromatic heterocycles. The number of anilines is 1. The highest BCUT2D eigenvalue weighted by atomic mass is 35.5. The smallest absolute Gasteiger partial charge is 0.162 e. The summed E-state index contributed by atoms with van der Waals surface area (Å²) in [5.74, 6) is 1.37. The lowest BCUT2D eigenvalue weighted by molar-refractivity contribution is 0.310. The molecular formula is C18H22ClNO2. The first-order valence-electron chi connectivity index (χ1n) is 7.35. The fourth-order valence-electron chi connectivity index (χ4n) is 2.19. The Morgan fingerprint density at radius 2 is 1.82 bits per heavy atom. The van der Waals surface area contributed by atoms with E-state index < -0.39 is 0 Å². The summed E-state index contributed by atoms with van der Waals surface area (Å²) in [5.41, 5.74) is 4.60. The van der Waals surface area contributed by atoms with Crippen LogP contribution < -0.4 is 14.8 Å². The Kier molecular flexibility index (Phi) is 5.56. The van der Waals surface area contributed by atoms with Crippen LogP contribution in [0.3, 0.4) is 0 Å². The maximum Gasteiger partial charge on any atom is 0.162 e. The van der Waals surface area contributed by atoms with E-state index in [0.717, 1.165) is 11.3 Å². The normalized spacial score (nSPS) is 10.4. The molecule has 2 aromatic rings. The van der Waals surface area contributed by atoms with Crippen LogP contribution in [0.15, 0.2) is 30.3 Å². The van der Waals surface area contributed by atoms with Gasteiger partial charge in [-0.1, -0.05) is 17.7 Å². The number of halogens is 1. The lowest BCUT2D eigenvalue weighted by Crippen LogP contribution is -2.03. The van der Waals surface area contributed by atoms with E-state index in [0.29, 0.717) is 29.7 Å². The molecule has 0 bridgehead atoms. The van der Waals surface area contributed by atoms with Gasteiger partial charge in [0.05, 0.1) is 13.7 Å². The second-order valence-electron chi connectivity index (χ2n) is 5.18. The first kappa shape index (κ1) is 16.5. The molecule has 0 spiro atoms. The monoisotopic (exact) mass is 319 g/mol. The summed E-state index contributed by atoms with van der Waals surface area (Å²) in [7, 11) is 1.61. The number of hydrogen-bond acceptors (Lipinski definition) is 3. The minimum atomic E-state index is 0.585. The number of methoxy groups -OCH3 is 1. The van der Waals surface area contributed by atoms with Crippen molar-refractivity contribution in [1.82, 2.24) is 0 Å². The van der Waals surface area contributed by atoms with Crippen molar-refractivity contribution in [3.05, 3.63) is 52.0 Å². The predicted octanol–water partition coefficient (Wildman–Crippen LogP) is 4.98. The van der Waals surface area contributed by atoms with Gasteiger partial charge in [-0.2, -0.15) is 0 Å². The van der Waals surface area contributed by atoms with Crippen molar-refractivity contribution in [1.29, 1.82) is 0 Å². The van der Waals surface area contributed by atoms with Gasteiger partial charge in [0.15, 0.2) is 11.5 Å². The fourth-order valence-corrected chi connectivity index (χ4v) is 2.41. The molecule has 2 rings (SSSR count). The van der Waals surface area contributed by atoms with Gasteiger partial charge in [0, 0.05) is 23.3 Å². The lowest BCUT2D eigenvalue weighted by Gasteiger charge is -2.14. The lowest BCUT2D eigenvalue weighted by atomic mass is 10.1. The quantitative estimate of drug-likeness (QED) is 0.814. The molecule has 0 aliphatic heterocycles. The molecule has 3 nitrogen and oxygen atoms in total. The second kappa shape index (κ2) is 7.41. The molecule has 1 N–H and O–H groups in total. The average Bonchev–Trinajstić information content (AvgIpc) is 2.50. The molecule has 0 radical (unpaired) electrons. The number of aryl methyl sites for hydroxylation is 2. The molecule has 2 aromatic carbocycles. The zero-order valence-electron chi connectivity index (χ0n) is 13.5. The van der Waals surface area contributed by atoms with Crippen LogP contribution in [0.5, 0.6) is 11.5 Å². The van der Waals surface area contributed by atoms with E-state index in [1.165, 1.54) is 11.1 Å². The van der Waals surface area contributed by atoms with Crippen molar-refractivity contribution in [3.63, 3.8) is 0 Å². The third kappa shape index (κ3) is 3.86. The predicted molar refractivity (Wildman–Crippen MR) is 92.4 cm³/mol. The van der Waals surface area contributed by atoms with E-state index in [-0.39, 0.29) is 0 Å². The summed E-state index contributed by atoms with van der Waals surface area (Å²) in [6.07, 6.45) is 0. The highest BCUT2D eigenvalue weighted by molar-refractivity contribution is 6.31. The number of nitrogens with one attached hydrogen (secondary N) is 1. The first-order valence-corrected chi connectivity index (χ1v) is 7.73. The molecule has 0 unspecified atom stereocenters. The van der Waals surface area contributed by atoms with Crippen molar-refractivity contribution >= 4 is 17.3 Å². The van der Waals surface area contributed by atoms with Gasteiger partial charge in [0.25, 0.3) is 0 Å². The molecule has 22 heavy (non-hydrogen) atoms. The summed E-state index contributed by atoms with van der Waals surface area (Å²) in [6.45, 7) is 7.37. The Morgan fingerprint density at radius 3 is 2.45 bits per heavy atom. The van der Waals surface area contributed by atoms with E-state index >= 15 is 0 Å². The van der Waals surface area contributed by atoms with Crippen LogP contribution in [-0.2, 0) is 6.54 Å². The van der Waals surface area contributed by atoms with Crippen LogP contribution >= 0.6 is 11.6 Å². The molecule has 4 heteroatoms. The van der Waals surface area contributed by atoms with Gasteiger partial charge in [0.1, 0.15) is 0 Å². The molecule has 0 fully saturated rings. The minimum Gasteiger partial charge on any atom is -0.493 e. The highest BCUT2D eigenvalue weighted by Gasteiger charge is 2.10. The summed E-state index contributed by atoms with van der Waals surface area (Å²) >= 11 is 6.33. The molecule has 0 amide bonds. The van der Waals surface area contributed by atoms with Gasteiger partial charge < -0.3 is 14.8 Å². The maximum atomic E-state index is 6.33. The van der Waals surface area contributed by atoms with E-state index in [4.69, 9.17) is 21.1 Å². The minimum absolute atomic E-state index is 0.585. The SMILES string of the molecule is CCOc1cc(CNc2ccc(C)c(C)c2)c(Cl)cc1OC. The van der Waals surface area contributed by atoms with E-state index in [1.54, 1.807) is 13.2 Å². The van der Waals surface area contributed by atoms with Gasteiger partial charge in [-0.15, -0.1) is 0 Å². The first-order chi connectivity index (χ1) is 10.5. The molecule has 0 heterocycles. The molecule has 0 atom stereocenters. The third-order valence-electron chi connectivity index (χ3n) is 3.62. The molecule has 0 aliphatic carbocycles. The fraction of sp³-hybridized carbons (Fsp3) is 0.333. The summed E-state index contributed by atoms with van der Waals surface area (Å²) in [6, 6.07) is 10.0. The standard InChI is InChI=1S/C18H22ClNO2/c1-5-22-18-9-14(16(19)10-17(18)21-4)11-20-15-7-6-12(2)13(3)8-15/h6-10,20H,5,11H2,1-4H3. The number of hydrogen-bond donors (Lipinski definition) is 1. The Morgan fingerprint density at radius 1 is 1.05 bits per heavy atom. The maximum absolute atomic E-state index is 6.33. The summed E-state index contributed by atoms with van der Waals surface area (Å²) in [4.78, 5) is 0. The summed E-state index contributed by atoms with van der Waals surface area (Å²) < 4.78 is 10.9. The van der Waals surface area contributed by atoms with Gasteiger partial charge in [-0.3, -0.25) is 0 Å². The molecule has 0 saturated carbocycles. The van der Waals surface area contributed by atoms with Gasteiger partial charge >= 0.3 is 0 Å². The van der Waals surface area contributed by atoms with Crippen LogP contribution in [0.2, 0.25) is 5.02 Å². The number of benzene rings is 2. The van der Waals surface area contributed by atoms with Crippen LogP contribution in [0.25, 0.3) is 0 Å². The average molecular weight is 320 g/mol. The largest absolute Gasteiger partial charge is 0.493 e. The van der Waals surface area contributed by atoms with Crippen molar-refractivity contribution in [3.8, 4) is 11.5 Å². The van der Waals surface area contributed by atoms with E-state index in [2.05, 4.69) is 37.4 Å². The van der Waals surface area contributed by atoms with Crippen LogP contribution in [0.4, 0.5) is 5.69 Å². The Labute approximate surface area is 137 Å². The Hall–Kier alpha value is -1.87. The number of ether oxygens (including phenoxy) is 2. The Balaban J connectivity index is 2.18. The third-order valence-corrected chi connectivity index (χ3v) is 3.97. The van der Waals surface area contributed by atoms with Crippen LogP contribution in [0, 0.1) is 13.8 Å². The van der Waals surface area contributed by atoms with E-state index in [1.807, 2.05) is 13.0 Å². The molecular weight excluding hydrogens is 298 g/mol. The van der Waals surface area contributed by atoms with Crippen LogP contribution in [-0.4, -0.2) is 13.7 Å². The zero-order valence-corrected chi connectivity index (χ0v) is 14.3. The van der Waals surface area contributed by atoms with Gasteiger partial charge in [-0.25, -0.2) is 0 Å². The zero-order chi connectivity index (χ0) is 16.1. The second-order valence-corrected chi connectivity index (χ2v) is 5.59. The molecule has 0 aliphatic rings. The van der Waals surface area contributed by atoms with Crippen molar-refractivity contribution in [2.45, 2.75) is 27.3 Å². The van der Waals surface area contributed by atoms with E-state index in [9.17, 15) is 0 Å². The van der Waals surface area contributed by atoms with Crippen LogP contribution in [0.1, 0.15) is 23.6 Å². The molecule has 118 valence electrons. The summed E-state index contributed by atoms with van der Waals surface area (Å²) in [5, 5.41) is 4.06. The van der Waals surface area contributed by atoms with Crippen molar-refractivity contribution < 1.29 is 9.47 Å². The Bertz CT molecular complexity index is 656. The molecule has 0 saturated heterocycles. The van der Waals surface area contributed by atoms with Crippen molar-refractivity contribution in [2.24, 2.45) is 0 Å². The van der Waals surface area contributed by atoms with Crippen molar-refractivity contribution in [2.75, 3.05) is 19.0 Å². The highest BCUT2D eigenvalue weighted by Crippen LogP contribution is 2.33. The van der Waals surface area contributed by atoms with Gasteiger partial charge in [-0.05, 0) is 55.7 Å². The topological polar surface area (TPSA) is 30.5 Å².